The number of hydrogen-bond acceptors (Lipinski definition) is 4. The fraction of sp³-hybridized carbons (Fsp3) is 0.611. The van der Waals surface area contributed by atoms with E-state index in [1.54, 1.807) is 19.1 Å². The molecule has 0 radical (unpaired) electrons. The van der Waals surface area contributed by atoms with Crippen molar-refractivity contribution in [2.45, 2.75) is 51.2 Å². The Morgan fingerprint density at radius 1 is 1.30 bits per heavy atom. The third kappa shape index (κ3) is 5.01. The Morgan fingerprint density at radius 2 is 1.91 bits per heavy atom. The van der Waals surface area contributed by atoms with E-state index in [9.17, 15) is 14.3 Å². The lowest BCUT2D eigenvalue weighted by Crippen LogP contribution is -2.43. The van der Waals surface area contributed by atoms with E-state index in [1.807, 2.05) is 6.92 Å². The lowest BCUT2D eigenvalue weighted by molar-refractivity contribution is -0.149. The quantitative estimate of drug-likeness (QED) is 0.790. The number of carbonyl (C=O) groups is 1. The number of hydrogen-bond donors (Lipinski definition) is 2. The van der Waals surface area contributed by atoms with Crippen molar-refractivity contribution in [1.29, 1.82) is 0 Å². The van der Waals surface area contributed by atoms with Crippen LogP contribution >= 0.6 is 0 Å². The van der Waals surface area contributed by atoms with Gasteiger partial charge in [-0.3, -0.25) is 4.79 Å². The first-order valence-corrected chi connectivity index (χ1v) is 8.31. The lowest BCUT2D eigenvalue weighted by Gasteiger charge is -2.31. The Labute approximate surface area is 137 Å². The van der Waals surface area contributed by atoms with Gasteiger partial charge >= 0.3 is 5.97 Å². The zero-order chi connectivity index (χ0) is 16.9. The molecule has 1 aromatic rings. The summed E-state index contributed by atoms with van der Waals surface area (Å²) in [6.45, 7) is 4.37. The molecule has 0 spiro atoms. The van der Waals surface area contributed by atoms with Crippen LogP contribution in [0.25, 0.3) is 0 Å². The number of aliphatic hydroxyl groups is 1. The second-order valence-electron chi connectivity index (χ2n) is 6.46. The highest BCUT2D eigenvalue weighted by atomic mass is 19.1. The number of ether oxygens (including phenoxy) is 1. The number of benzene rings is 1. The van der Waals surface area contributed by atoms with Crippen molar-refractivity contribution in [2.75, 3.05) is 13.2 Å². The maximum absolute atomic E-state index is 13.0. The Hall–Kier alpha value is -1.46. The smallest absolute Gasteiger partial charge is 0.308 e. The molecule has 1 aliphatic carbocycles. The molecule has 2 N–H and O–H groups in total. The largest absolute Gasteiger partial charge is 0.466 e. The zero-order valence-corrected chi connectivity index (χ0v) is 13.8. The lowest BCUT2D eigenvalue weighted by atomic mass is 9.85. The van der Waals surface area contributed by atoms with Crippen LogP contribution in [-0.4, -0.2) is 30.3 Å². The Bertz CT molecular complexity index is 508. The average Bonchev–Trinajstić information content (AvgIpc) is 2.54. The normalized spacial score (nSPS) is 24.0. The summed E-state index contributed by atoms with van der Waals surface area (Å²) >= 11 is 0. The fourth-order valence-electron chi connectivity index (χ4n) is 3.05. The van der Waals surface area contributed by atoms with Crippen LogP contribution in [0.15, 0.2) is 24.3 Å². The van der Waals surface area contributed by atoms with Crippen LogP contribution in [0.3, 0.4) is 0 Å². The third-order valence-corrected chi connectivity index (χ3v) is 4.55. The molecule has 1 saturated carbocycles. The number of halogens is 1. The van der Waals surface area contributed by atoms with Gasteiger partial charge in [-0.25, -0.2) is 4.39 Å². The molecule has 2 rings (SSSR count). The van der Waals surface area contributed by atoms with Gasteiger partial charge in [-0.15, -0.1) is 0 Å². The maximum Gasteiger partial charge on any atom is 0.308 e. The third-order valence-electron chi connectivity index (χ3n) is 4.55. The summed E-state index contributed by atoms with van der Waals surface area (Å²) < 4.78 is 18.0. The van der Waals surface area contributed by atoms with Crippen LogP contribution in [0.1, 0.15) is 45.1 Å². The van der Waals surface area contributed by atoms with Crippen molar-refractivity contribution < 1.29 is 19.0 Å². The Morgan fingerprint density at radius 3 is 2.48 bits per heavy atom. The summed E-state index contributed by atoms with van der Waals surface area (Å²) in [4.78, 5) is 11.7. The molecule has 0 amide bonds. The molecule has 4 nitrogen and oxygen atoms in total. The summed E-state index contributed by atoms with van der Waals surface area (Å²) in [6.07, 6.45) is 3.41. The molecule has 0 bridgehead atoms. The van der Waals surface area contributed by atoms with Gasteiger partial charge in [-0.1, -0.05) is 12.1 Å². The van der Waals surface area contributed by atoms with Gasteiger partial charge in [-0.05, 0) is 57.2 Å². The van der Waals surface area contributed by atoms with E-state index in [0.717, 1.165) is 25.7 Å². The number of carbonyl (C=O) groups excluding carboxylic acids is 1. The van der Waals surface area contributed by atoms with E-state index in [-0.39, 0.29) is 23.7 Å². The molecule has 128 valence electrons. The molecule has 23 heavy (non-hydrogen) atoms. The minimum atomic E-state index is -1.05. The first kappa shape index (κ1) is 17.9. The number of nitrogens with one attached hydrogen (secondary N) is 1. The number of rotatable bonds is 6. The van der Waals surface area contributed by atoms with Gasteiger partial charge in [0.25, 0.3) is 0 Å². The zero-order valence-electron chi connectivity index (χ0n) is 13.8. The molecule has 1 unspecified atom stereocenters. The van der Waals surface area contributed by atoms with Gasteiger partial charge in [0.15, 0.2) is 0 Å². The van der Waals surface area contributed by atoms with Crippen molar-refractivity contribution in [2.24, 2.45) is 5.92 Å². The molecule has 1 fully saturated rings. The molecule has 0 heterocycles. The topological polar surface area (TPSA) is 58.6 Å². The average molecular weight is 323 g/mol. The maximum atomic E-state index is 13.0. The predicted molar refractivity (Wildman–Crippen MR) is 86.4 cm³/mol. The van der Waals surface area contributed by atoms with Crippen molar-refractivity contribution in [3.8, 4) is 0 Å². The molecule has 0 saturated heterocycles. The summed E-state index contributed by atoms with van der Waals surface area (Å²) in [5.74, 6) is -0.398. The second kappa shape index (κ2) is 7.88. The van der Waals surface area contributed by atoms with E-state index in [2.05, 4.69) is 5.32 Å². The van der Waals surface area contributed by atoms with Crippen molar-refractivity contribution >= 4 is 5.97 Å². The highest BCUT2D eigenvalue weighted by molar-refractivity contribution is 5.72. The first-order valence-electron chi connectivity index (χ1n) is 8.31. The van der Waals surface area contributed by atoms with Gasteiger partial charge in [-0.2, -0.15) is 0 Å². The monoisotopic (exact) mass is 323 g/mol. The van der Waals surface area contributed by atoms with Crippen molar-refractivity contribution in [3.05, 3.63) is 35.6 Å². The molecule has 1 aromatic carbocycles. The van der Waals surface area contributed by atoms with Crippen molar-refractivity contribution in [3.63, 3.8) is 0 Å². The summed E-state index contributed by atoms with van der Waals surface area (Å²) in [7, 11) is 0. The van der Waals surface area contributed by atoms with E-state index in [4.69, 9.17) is 4.74 Å². The van der Waals surface area contributed by atoms with Gasteiger partial charge in [0.05, 0.1) is 18.1 Å². The fourth-order valence-corrected chi connectivity index (χ4v) is 3.05. The summed E-state index contributed by atoms with van der Waals surface area (Å²) in [6, 6.07) is 6.21. The van der Waals surface area contributed by atoms with Gasteiger partial charge in [0.1, 0.15) is 5.82 Å². The van der Waals surface area contributed by atoms with Crippen LogP contribution < -0.4 is 5.32 Å². The predicted octanol–water partition coefficient (Wildman–Crippen LogP) is 2.74. The second-order valence-corrected chi connectivity index (χ2v) is 6.46. The highest BCUT2D eigenvalue weighted by Crippen LogP contribution is 2.26. The van der Waals surface area contributed by atoms with Gasteiger partial charge in [0.2, 0.25) is 0 Å². The van der Waals surface area contributed by atoms with Crippen LogP contribution in [0.2, 0.25) is 0 Å². The van der Waals surface area contributed by atoms with E-state index in [1.165, 1.54) is 12.1 Å². The Kier molecular flexibility index (Phi) is 6.13. The van der Waals surface area contributed by atoms with E-state index in [0.29, 0.717) is 18.7 Å². The van der Waals surface area contributed by atoms with Gasteiger partial charge in [0, 0.05) is 12.6 Å². The van der Waals surface area contributed by atoms with Crippen LogP contribution in [-0.2, 0) is 15.1 Å². The van der Waals surface area contributed by atoms with Crippen LogP contribution in [0.5, 0.6) is 0 Å². The van der Waals surface area contributed by atoms with Crippen LogP contribution in [0.4, 0.5) is 4.39 Å². The molecular weight excluding hydrogens is 297 g/mol. The minimum Gasteiger partial charge on any atom is -0.466 e. The standard InChI is InChI=1S/C18H26FNO3/c1-3-23-17(21)13-4-10-16(11-5-13)20-12-18(2,22)14-6-8-15(19)9-7-14/h6-9,13,16,20,22H,3-5,10-12H2,1-2H3. The summed E-state index contributed by atoms with van der Waals surface area (Å²) in [5.41, 5.74) is -0.363. The number of esters is 1. The van der Waals surface area contributed by atoms with Crippen molar-refractivity contribution in [1.82, 2.24) is 5.32 Å². The summed E-state index contributed by atoms with van der Waals surface area (Å²) in [5, 5.41) is 13.9. The molecular formula is C18H26FNO3. The van der Waals surface area contributed by atoms with Crippen LogP contribution in [0, 0.1) is 11.7 Å². The van der Waals surface area contributed by atoms with Gasteiger partial charge < -0.3 is 15.2 Å². The molecule has 1 aliphatic rings. The minimum absolute atomic E-state index is 0.00519. The SMILES string of the molecule is CCOC(=O)C1CCC(NCC(C)(O)c2ccc(F)cc2)CC1. The highest BCUT2D eigenvalue weighted by Gasteiger charge is 2.29. The molecule has 0 aliphatic heterocycles. The molecule has 5 heteroatoms. The molecule has 0 aromatic heterocycles. The molecule has 1 atom stereocenters. The first-order chi connectivity index (χ1) is 10.9. The van der Waals surface area contributed by atoms with E-state index < -0.39 is 5.60 Å². The van der Waals surface area contributed by atoms with E-state index >= 15 is 0 Å². The Balaban J connectivity index is 1.80.